The van der Waals surface area contributed by atoms with Gasteiger partial charge in [0.2, 0.25) is 0 Å². The summed E-state index contributed by atoms with van der Waals surface area (Å²) in [4.78, 5) is 0. The standard InChI is InChI=1S/C13H19NO2/c1-9-4-5-12(15-3)10-6-7-16-8-11(14-2)13(9)10/h4-5,11,14H,6-8H2,1-3H3. The van der Waals surface area contributed by atoms with Crippen LogP contribution in [0.1, 0.15) is 22.7 Å². The number of rotatable bonds is 2. The van der Waals surface area contributed by atoms with E-state index in [-0.39, 0.29) is 6.04 Å². The highest BCUT2D eigenvalue weighted by Crippen LogP contribution is 2.32. The highest BCUT2D eigenvalue weighted by Gasteiger charge is 2.22. The van der Waals surface area contributed by atoms with E-state index in [0.717, 1.165) is 25.4 Å². The van der Waals surface area contributed by atoms with E-state index >= 15 is 0 Å². The molecule has 0 aromatic heterocycles. The Balaban J connectivity index is 2.54. The van der Waals surface area contributed by atoms with E-state index in [9.17, 15) is 0 Å². The number of fused-ring (bicyclic) bond motifs is 1. The van der Waals surface area contributed by atoms with Crippen LogP contribution >= 0.6 is 0 Å². The molecule has 0 amide bonds. The molecule has 0 saturated carbocycles. The summed E-state index contributed by atoms with van der Waals surface area (Å²) < 4.78 is 11.0. The van der Waals surface area contributed by atoms with Crippen LogP contribution in [0.3, 0.4) is 0 Å². The molecule has 88 valence electrons. The van der Waals surface area contributed by atoms with Gasteiger partial charge in [-0.3, -0.25) is 0 Å². The van der Waals surface area contributed by atoms with Gasteiger partial charge in [-0.2, -0.15) is 0 Å². The molecule has 0 aliphatic carbocycles. The van der Waals surface area contributed by atoms with Crippen LogP contribution in [-0.2, 0) is 11.2 Å². The highest BCUT2D eigenvalue weighted by molar-refractivity contribution is 5.47. The maximum atomic E-state index is 5.62. The van der Waals surface area contributed by atoms with Crippen LogP contribution in [0, 0.1) is 6.92 Å². The molecular weight excluding hydrogens is 202 g/mol. The minimum absolute atomic E-state index is 0.271. The van der Waals surface area contributed by atoms with Crippen molar-refractivity contribution in [3.05, 3.63) is 28.8 Å². The summed E-state index contributed by atoms with van der Waals surface area (Å²) >= 11 is 0. The third-order valence-corrected chi connectivity index (χ3v) is 3.23. The molecule has 0 bridgehead atoms. The molecule has 0 saturated heterocycles. The summed E-state index contributed by atoms with van der Waals surface area (Å²) in [5.74, 6) is 0.978. The fourth-order valence-electron chi connectivity index (χ4n) is 2.38. The summed E-state index contributed by atoms with van der Waals surface area (Å²) in [6, 6.07) is 4.44. The first kappa shape index (κ1) is 11.4. The van der Waals surface area contributed by atoms with Crippen molar-refractivity contribution in [2.24, 2.45) is 0 Å². The van der Waals surface area contributed by atoms with Crippen molar-refractivity contribution in [2.75, 3.05) is 27.4 Å². The summed E-state index contributed by atoms with van der Waals surface area (Å²) in [6.45, 7) is 3.65. The van der Waals surface area contributed by atoms with Crippen LogP contribution in [-0.4, -0.2) is 27.4 Å². The molecule has 16 heavy (non-hydrogen) atoms. The van der Waals surface area contributed by atoms with Crippen molar-refractivity contribution in [3.8, 4) is 5.75 Å². The van der Waals surface area contributed by atoms with Crippen molar-refractivity contribution in [1.29, 1.82) is 0 Å². The van der Waals surface area contributed by atoms with Gasteiger partial charge in [0.05, 0.1) is 26.4 Å². The van der Waals surface area contributed by atoms with Gasteiger partial charge in [-0.25, -0.2) is 0 Å². The second-order valence-electron chi connectivity index (χ2n) is 4.14. The molecule has 0 spiro atoms. The van der Waals surface area contributed by atoms with Gasteiger partial charge in [0.25, 0.3) is 0 Å². The van der Waals surface area contributed by atoms with Gasteiger partial charge >= 0.3 is 0 Å². The Morgan fingerprint density at radius 3 is 2.94 bits per heavy atom. The van der Waals surface area contributed by atoms with E-state index in [0.29, 0.717) is 0 Å². The van der Waals surface area contributed by atoms with Crippen molar-refractivity contribution < 1.29 is 9.47 Å². The Hall–Kier alpha value is -1.06. The number of benzene rings is 1. The third-order valence-electron chi connectivity index (χ3n) is 3.23. The minimum atomic E-state index is 0.271. The average molecular weight is 221 g/mol. The Labute approximate surface area is 96.8 Å². The first-order chi connectivity index (χ1) is 7.77. The van der Waals surface area contributed by atoms with E-state index in [2.05, 4.69) is 18.3 Å². The fraction of sp³-hybridized carbons (Fsp3) is 0.538. The van der Waals surface area contributed by atoms with E-state index < -0.39 is 0 Å². The van der Waals surface area contributed by atoms with Crippen molar-refractivity contribution in [2.45, 2.75) is 19.4 Å². The molecule has 1 aromatic rings. The van der Waals surface area contributed by atoms with Crippen LogP contribution in [0.2, 0.25) is 0 Å². The molecule has 1 atom stereocenters. The van der Waals surface area contributed by atoms with Gasteiger partial charge in [0.1, 0.15) is 5.75 Å². The number of ether oxygens (including phenoxy) is 2. The van der Waals surface area contributed by atoms with Crippen molar-refractivity contribution in [1.82, 2.24) is 5.32 Å². The maximum Gasteiger partial charge on any atom is 0.122 e. The Bertz CT molecular complexity index is 376. The Kier molecular flexibility index (Phi) is 3.46. The molecule has 1 aliphatic heterocycles. The van der Waals surface area contributed by atoms with E-state index in [1.165, 1.54) is 16.7 Å². The molecule has 2 rings (SSSR count). The third kappa shape index (κ3) is 1.93. The van der Waals surface area contributed by atoms with Crippen LogP contribution in [0.15, 0.2) is 12.1 Å². The average Bonchev–Trinajstić information content (AvgIpc) is 2.52. The normalized spacial score (nSPS) is 20.1. The zero-order chi connectivity index (χ0) is 11.5. The van der Waals surface area contributed by atoms with Crippen LogP contribution in [0.5, 0.6) is 5.75 Å². The van der Waals surface area contributed by atoms with E-state index in [4.69, 9.17) is 9.47 Å². The fourth-order valence-corrected chi connectivity index (χ4v) is 2.38. The van der Waals surface area contributed by atoms with Gasteiger partial charge in [0, 0.05) is 5.56 Å². The number of hydrogen-bond acceptors (Lipinski definition) is 3. The summed E-state index contributed by atoms with van der Waals surface area (Å²) in [5.41, 5.74) is 3.94. The molecule has 1 N–H and O–H groups in total. The predicted octanol–water partition coefficient (Wildman–Crippen LogP) is 1.84. The number of aryl methyl sites for hydroxylation is 1. The summed E-state index contributed by atoms with van der Waals surface area (Å²) in [7, 11) is 3.70. The van der Waals surface area contributed by atoms with E-state index in [1.54, 1.807) is 7.11 Å². The Morgan fingerprint density at radius 2 is 2.25 bits per heavy atom. The number of methoxy groups -OCH3 is 1. The van der Waals surface area contributed by atoms with Crippen molar-refractivity contribution >= 4 is 0 Å². The summed E-state index contributed by atoms with van der Waals surface area (Å²) in [5, 5.41) is 3.31. The molecule has 0 fully saturated rings. The highest BCUT2D eigenvalue weighted by atomic mass is 16.5. The van der Waals surface area contributed by atoms with E-state index in [1.807, 2.05) is 13.1 Å². The quantitative estimate of drug-likeness (QED) is 0.826. The zero-order valence-corrected chi connectivity index (χ0v) is 10.2. The molecule has 3 heteroatoms. The lowest BCUT2D eigenvalue weighted by atomic mass is 9.94. The van der Waals surface area contributed by atoms with Crippen LogP contribution in [0.4, 0.5) is 0 Å². The van der Waals surface area contributed by atoms with Crippen molar-refractivity contribution in [3.63, 3.8) is 0 Å². The topological polar surface area (TPSA) is 30.5 Å². The zero-order valence-electron chi connectivity index (χ0n) is 10.2. The number of nitrogens with one attached hydrogen (secondary N) is 1. The molecule has 3 nitrogen and oxygen atoms in total. The van der Waals surface area contributed by atoms with Gasteiger partial charge in [-0.15, -0.1) is 0 Å². The largest absolute Gasteiger partial charge is 0.496 e. The van der Waals surface area contributed by atoms with Gasteiger partial charge < -0.3 is 14.8 Å². The predicted molar refractivity (Wildman–Crippen MR) is 64.1 cm³/mol. The number of hydrogen-bond donors (Lipinski definition) is 1. The molecular formula is C13H19NO2. The number of likely N-dealkylation sites (N-methyl/N-ethyl adjacent to an activating group) is 1. The monoisotopic (exact) mass is 221 g/mol. The van der Waals surface area contributed by atoms with Gasteiger partial charge in [-0.05, 0) is 37.6 Å². The second-order valence-corrected chi connectivity index (χ2v) is 4.14. The lowest BCUT2D eigenvalue weighted by Gasteiger charge is -2.20. The first-order valence-electron chi connectivity index (χ1n) is 5.69. The van der Waals surface area contributed by atoms with Gasteiger partial charge in [-0.1, -0.05) is 6.07 Å². The molecule has 1 unspecified atom stereocenters. The molecule has 1 aromatic carbocycles. The minimum Gasteiger partial charge on any atom is -0.496 e. The second kappa shape index (κ2) is 4.85. The SMILES string of the molecule is CNC1COCCc2c(OC)ccc(C)c21. The molecule has 1 heterocycles. The summed E-state index contributed by atoms with van der Waals surface area (Å²) in [6.07, 6.45) is 0.929. The lowest BCUT2D eigenvalue weighted by molar-refractivity contribution is 0.123. The molecule has 0 radical (unpaired) electrons. The maximum absolute atomic E-state index is 5.62. The Morgan fingerprint density at radius 1 is 1.44 bits per heavy atom. The lowest BCUT2D eigenvalue weighted by Crippen LogP contribution is -2.22. The van der Waals surface area contributed by atoms with Crippen LogP contribution < -0.4 is 10.1 Å². The van der Waals surface area contributed by atoms with Gasteiger partial charge in [0.15, 0.2) is 0 Å². The smallest absolute Gasteiger partial charge is 0.122 e. The molecule has 1 aliphatic rings. The van der Waals surface area contributed by atoms with Crippen LogP contribution in [0.25, 0.3) is 0 Å². The first-order valence-corrected chi connectivity index (χ1v) is 5.69.